The van der Waals surface area contributed by atoms with E-state index in [1.54, 1.807) is 0 Å². The Labute approximate surface area is 81.3 Å². The fraction of sp³-hybridized carbons (Fsp3) is 0.286. The van der Waals surface area contributed by atoms with Crippen LogP contribution in [0.3, 0.4) is 0 Å². The quantitative estimate of drug-likeness (QED) is 0.579. The third-order valence-corrected chi connectivity index (χ3v) is 1.70. The molecule has 0 atom stereocenters. The minimum absolute atomic E-state index is 0.446. The van der Waals surface area contributed by atoms with E-state index in [1.807, 2.05) is 4.98 Å². The maximum Gasteiger partial charge on any atom is 0.300 e. The maximum absolute atomic E-state index is 12.3. The normalized spacial score (nSPS) is 10.7. The lowest BCUT2D eigenvalue weighted by Gasteiger charge is -2.04. The highest BCUT2D eigenvalue weighted by Gasteiger charge is 2.26. The molecule has 1 rings (SSSR count). The topological polar surface area (TPSA) is 96.2 Å². The Kier molecular flexibility index (Phi) is 3.10. The number of nitro groups is 1. The van der Waals surface area contributed by atoms with Gasteiger partial charge in [-0.15, -0.1) is 0 Å². The molecule has 0 unspecified atom stereocenters. The van der Waals surface area contributed by atoms with Crippen LogP contribution >= 0.6 is 0 Å². The van der Waals surface area contributed by atoms with Gasteiger partial charge in [-0.1, -0.05) is 0 Å². The van der Waals surface area contributed by atoms with E-state index in [1.165, 1.54) is 0 Å². The number of nitrogens with zero attached hydrogens (tertiary/aromatic N) is 1. The second-order valence-corrected chi connectivity index (χ2v) is 2.63. The summed E-state index contributed by atoms with van der Waals surface area (Å²) in [5, 5.41) is 19.1. The zero-order valence-corrected chi connectivity index (χ0v) is 7.24. The van der Waals surface area contributed by atoms with Crippen LogP contribution in [-0.2, 0) is 6.61 Å². The molecular formula is C7H6F2N2O4. The summed E-state index contributed by atoms with van der Waals surface area (Å²) in [5.74, 6) is 0. The summed E-state index contributed by atoms with van der Waals surface area (Å²) in [6.07, 6.45) is -3.14. The first-order chi connectivity index (χ1) is 6.97. The standard InChI is InChI=1S/C7H6F2N2O4/c8-7(9)3-1-5(13)10-4(2-12)6(3)11(14)15/h1,7,12H,2H2,(H,10,13). The molecule has 0 aliphatic rings. The lowest BCUT2D eigenvalue weighted by atomic mass is 10.2. The highest BCUT2D eigenvalue weighted by Crippen LogP contribution is 2.29. The van der Waals surface area contributed by atoms with Crippen molar-refractivity contribution in [3.63, 3.8) is 0 Å². The molecule has 0 aliphatic carbocycles. The van der Waals surface area contributed by atoms with E-state index >= 15 is 0 Å². The summed E-state index contributed by atoms with van der Waals surface area (Å²) in [7, 11) is 0. The number of aliphatic hydroxyl groups excluding tert-OH is 1. The second-order valence-electron chi connectivity index (χ2n) is 2.63. The van der Waals surface area contributed by atoms with Gasteiger partial charge in [-0.05, 0) is 0 Å². The number of hydrogen-bond donors (Lipinski definition) is 2. The van der Waals surface area contributed by atoms with Crippen LogP contribution < -0.4 is 5.56 Å². The van der Waals surface area contributed by atoms with Crippen molar-refractivity contribution < 1.29 is 18.8 Å². The van der Waals surface area contributed by atoms with Gasteiger partial charge in [0.1, 0.15) is 11.3 Å². The predicted molar refractivity (Wildman–Crippen MR) is 44.6 cm³/mol. The number of halogens is 2. The maximum atomic E-state index is 12.3. The number of pyridine rings is 1. The molecule has 0 amide bonds. The van der Waals surface area contributed by atoms with Gasteiger partial charge in [0, 0.05) is 6.07 Å². The lowest BCUT2D eigenvalue weighted by molar-refractivity contribution is -0.387. The van der Waals surface area contributed by atoms with E-state index in [0.29, 0.717) is 6.07 Å². The molecule has 0 aliphatic heterocycles. The zero-order chi connectivity index (χ0) is 11.6. The number of hydrogen-bond acceptors (Lipinski definition) is 4. The average molecular weight is 220 g/mol. The van der Waals surface area contributed by atoms with Crippen molar-refractivity contribution in [1.82, 2.24) is 4.98 Å². The Bertz CT molecular complexity index is 443. The molecule has 0 saturated heterocycles. The van der Waals surface area contributed by atoms with Crippen molar-refractivity contribution in [2.45, 2.75) is 13.0 Å². The molecule has 1 aromatic rings. The molecule has 15 heavy (non-hydrogen) atoms. The van der Waals surface area contributed by atoms with Crippen LogP contribution in [-0.4, -0.2) is 15.0 Å². The number of H-pyrrole nitrogens is 1. The van der Waals surface area contributed by atoms with Gasteiger partial charge in [-0.3, -0.25) is 14.9 Å². The molecule has 1 heterocycles. The second kappa shape index (κ2) is 4.13. The first-order valence-corrected chi connectivity index (χ1v) is 3.77. The highest BCUT2D eigenvalue weighted by molar-refractivity contribution is 5.44. The van der Waals surface area contributed by atoms with Crippen LogP contribution in [0.15, 0.2) is 10.9 Å². The first-order valence-electron chi connectivity index (χ1n) is 3.77. The molecule has 0 saturated carbocycles. The van der Waals surface area contributed by atoms with Gasteiger partial charge in [-0.2, -0.15) is 0 Å². The number of alkyl halides is 2. The minimum atomic E-state index is -3.14. The van der Waals surface area contributed by atoms with Crippen LogP contribution in [0.2, 0.25) is 0 Å². The number of aliphatic hydroxyl groups is 1. The third-order valence-electron chi connectivity index (χ3n) is 1.70. The predicted octanol–water partition coefficient (Wildman–Crippen LogP) is 0.713. The van der Waals surface area contributed by atoms with Crippen molar-refractivity contribution in [1.29, 1.82) is 0 Å². The molecule has 0 spiro atoms. The Hall–Kier alpha value is -1.83. The summed E-state index contributed by atoms with van der Waals surface area (Å²) in [5.41, 5.74) is -3.39. The van der Waals surface area contributed by atoms with Crippen molar-refractivity contribution >= 4 is 5.69 Å². The van der Waals surface area contributed by atoms with Crippen LogP contribution in [0.4, 0.5) is 14.5 Å². The molecule has 0 aromatic carbocycles. The van der Waals surface area contributed by atoms with Gasteiger partial charge in [0.2, 0.25) is 5.56 Å². The molecule has 2 N–H and O–H groups in total. The minimum Gasteiger partial charge on any atom is -0.390 e. The Morgan fingerprint density at radius 1 is 1.60 bits per heavy atom. The summed E-state index contributed by atoms with van der Waals surface area (Å²) in [6, 6.07) is 0.446. The van der Waals surface area contributed by atoms with E-state index in [2.05, 4.69) is 0 Å². The molecule has 82 valence electrons. The third kappa shape index (κ3) is 2.15. The monoisotopic (exact) mass is 220 g/mol. The van der Waals surface area contributed by atoms with E-state index in [0.717, 1.165) is 0 Å². The largest absolute Gasteiger partial charge is 0.390 e. The Morgan fingerprint density at radius 2 is 2.20 bits per heavy atom. The zero-order valence-electron chi connectivity index (χ0n) is 7.24. The van der Waals surface area contributed by atoms with Gasteiger partial charge in [0.15, 0.2) is 0 Å². The Balaban J connectivity index is 3.54. The first kappa shape index (κ1) is 11.2. The molecule has 6 nitrogen and oxygen atoms in total. The molecule has 1 aromatic heterocycles. The Morgan fingerprint density at radius 3 is 2.60 bits per heavy atom. The summed E-state index contributed by atoms with van der Waals surface area (Å²) < 4.78 is 24.7. The van der Waals surface area contributed by atoms with E-state index in [9.17, 15) is 23.7 Å². The van der Waals surface area contributed by atoms with Crippen molar-refractivity contribution in [3.05, 3.63) is 37.8 Å². The van der Waals surface area contributed by atoms with Gasteiger partial charge in [0.05, 0.1) is 11.5 Å². The van der Waals surface area contributed by atoms with Gasteiger partial charge in [-0.25, -0.2) is 8.78 Å². The van der Waals surface area contributed by atoms with Crippen LogP contribution in [0.5, 0.6) is 0 Å². The molecule has 0 bridgehead atoms. The summed E-state index contributed by atoms with van der Waals surface area (Å²) >= 11 is 0. The van der Waals surface area contributed by atoms with Gasteiger partial charge in [0.25, 0.3) is 12.1 Å². The lowest BCUT2D eigenvalue weighted by Crippen LogP contribution is -2.14. The average Bonchev–Trinajstić information content (AvgIpc) is 2.15. The number of rotatable bonds is 3. The molecular weight excluding hydrogens is 214 g/mol. The molecule has 0 fully saturated rings. The van der Waals surface area contributed by atoms with Gasteiger partial charge >= 0.3 is 0 Å². The number of aromatic nitrogens is 1. The number of aromatic amines is 1. The molecule has 0 radical (unpaired) electrons. The SMILES string of the molecule is O=c1cc(C(F)F)c([N+](=O)[O-])c(CO)[nH]1. The van der Waals surface area contributed by atoms with Crippen LogP contribution in [0, 0.1) is 10.1 Å². The smallest absolute Gasteiger partial charge is 0.300 e. The van der Waals surface area contributed by atoms with Crippen molar-refractivity contribution in [2.24, 2.45) is 0 Å². The van der Waals surface area contributed by atoms with E-state index < -0.39 is 40.5 Å². The van der Waals surface area contributed by atoms with Crippen molar-refractivity contribution in [3.8, 4) is 0 Å². The van der Waals surface area contributed by atoms with Crippen LogP contribution in [0.1, 0.15) is 17.7 Å². The van der Waals surface area contributed by atoms with Crippen LogP contribution in [0.25, 0.3) is 0 Å². The van der Waals surface area contributed by atoms with Crippen molar-refractivity contribution in [2.75, 3.05) is 0 Å². The number of nitrogens with one attached hydrogen (secondary N) is 1. The summed E-state index contributed by atoms with van der Waals surface area (Å²) in [6.45, 7) is -0.883. The molecule has 8 heteroatoms. The van der Waals surface area contributed by atoms with E-state index in [4.69, 9.17) is 5.11 Å². The fourth-order valence-corrected chi connectivity index (χ4v) is 1.12. The summed E-state index contributed by atoms with van der Waals surface area (Å²) in [4.78, 5) is 22.1. The van der Waals surface area contributed by atoms with Gasteiger partial charge < -0.3 is 10.1 Å². The highest BCUT2D eigenvalue weighted by atomic mass is 19.3. The van der Waals surface area contributed by atoms with E-state index in [-0.39, 0.29) is 0 Å². The fourth-order valence-electron chi connectivity index (χ4n) is 1.12.